The van der Waals surface area contributed by atoms with Crippen molar-refractivity contribution in [1.82, 2.24) is 4.90 Å². The molecule has 0 aliphatic rings. The van der Waals surface area contributed by atoms with Crippen LogP contribution in [0.1, 0.15) is 13.8 Å². The van der Waals surface area contributed by atoms with Crippen molar-refractivity contribution in [2.45, 2.75) is 19.9 Å². The Kier molecular flexibility index (Phi) is 4.87. The molecule has 0 radical (unpaired) electrons. The highest BCUT2D eigenvalue weighted by Crippen LogP contribution is 2.00. The molecule has 0 unspecified atom stereocenters. The number of esters is 1. The van der Waals surface area contributed by atoms with Gasteiger partial charge in [0, 0.05) is 6.04 Å². The smallest absolute Gasteiger partial charge is 0.410 e. The molecule has 0 aromatic heterocycles. The molecule has 0 aliphatic heterocycles. The first-order chi connectivity index (χ1) is 6.02. The van der Waals surface area contributed by atoms with Crippen LogP contribution >= 0.6 is 0 Å². The summed E-state index contributed by atoms with van der Waals surface area (Å²) in [6.07, 6.45) is -0.527. The number of hydrogen-bond donors (Lipinski definition) is 0. The maximum Gasteiger partial charge on any atom is 0.410 e. The van der Waals surface area contributed by atoms with Gasteiger partial charge in [0.25, 0.3) is 0 Å². The number of carbonyl (C=O) groups is 2. The number of methoxy groups -OCH3 is 2. The first kappa shape index (κ1) is 11.7. The first-order valence-electron chi connectivity index (χ1n) is 3.94. The van der Waals surface area contributed by atoms with Crippen LogP contribution in [0.2, 0.25) is 0 Å². The minimum absolute atomic E-state index is 0.0825. The average molecular weight is 189 g/mol. The third-order valence-electron chi connectivity index (χ3n) is 1.56. The predicted molar refractivity (Wildman–Crippen MR) is 46.3 cm³/mol. The van der Waals surface area contributed by atoms with Crippen LogP contribution in [0.3, 0.4) is 0 Å². The summed E-state index contributed by atoms with van der Waals surface area (Å²) in [5.41, 5.74) is 0. The fraction of sp³-hybridized carbons (Fsp3) is 0.750. The van der Waals surface area contributed by atoms with E-state index >= 15 is 0 Å². The Morgan fingerprint density at radius 3 is 2.08 bits per heavy atom. The lowest BCUT2D eigenvalue weighted by Gasteiger charge is -2.23. The lowest BCUT2D eigenvalue weighted by atomic mass is 10.3. The summed E-state index contributed by atoms with van der Waals surface area (Å²) in [4.78, 5) is 23.3. The largest absolute Gasteiger partial charge is 0.468 e. The van der Waals surface area contributed by atoms with Gasteiger partial charge >= 0.3 is 12.1 Å². The van der Waals surface area contributed by atoms with E-state index in [1.54, 1.807) is 13.8 Å². The Morgan fingerprint density at radius 2 is 1.77 bits per heavy atom. The van der Waals surface area contributed by atoms with E-state index in [0.29, 0.717) is 0 Å². The Bertz CT molecular complexity index is 191. The van der Waals surface area contributed by atoms with E-state index in [2.05, 4.69) is 9.47 Å². The second-order valence-corrected chi connectivity index (χ2v) is 2.77. The molecule has 1 amide bonds. The van der Waals surface area contributed by atoms with E-state index in [1.807, 2.05) is 0 Å². The lowest BCUT2D eigenvalue weighted by Crippen LogP contribution is -2.40. The summed E-state index contributed by atoms with van der Waals surface area (Å²) in [5.74, 6) is -0.459. The molecule has 0 saturated heterocycles. The first-order valence-corrected chi connectivity index (χ1v) is 3.94. The second-order valence-electron chi connectivity index (χ2n) is 2.77. The zero-order valence-corrected chi connectivity index (χ0v) is 8.36. The summed E-state index contributed by atoms with van der Waals surface area (Å²) in [6.45, 7) is 3.50. The molecule has 5 nitrogen and oxygen atoms in total. The summed E-state index contributed by atoms with van der Waals surface area (Å²) in [5, 5.41) is 0. The van der Waals surface area contributed by atoms with E-state index in [4.69, 9.17) is 0 Å². The number of amides is 1. The van der Waals surface area contributed by atoms with Crippen molar-refractivity contribution in [2.75, 3.05) is 20.8 Å². The van der Waals surface area contributed by atoms with E-state index in [-0.39, 0.29) is 12.6 Å². The van der Waals surface area contributed by atoms with Crippen molar-refractivity contribution < 1.29 is 19.1 Å². The van der Waals surface area contributed by atoms with Gasteiger partial charge in [0.1, 0.15) is 6.54 Å². The molecular formula is C8H15NO4. The van der Waals surface area contributed by atoms with Crippen molar-refractivity contribution in [3.8, 4) is 0 Å². The van der Waals surface area contributed by atoms with Crippen molar-refractivity contribution in [3.63, 3.8) is 0 Å². The van der Waals surface area contributed by atoms with Crippen LogP contribution in [-0.4, -0.2) is 43.8 Å². The lowest BCUT2D eigenvalue weighted by molar-refractivity contribution is -0.141. The molecule has 0 aromatic carbocycles. The van der Waals surface area contributed by atoms with Gasteiger partial charge in [-0.05, 0) is 13.8 Å². The molecular weight excluding hydrogens is 174 g/mol. The van der Waals surface area contributed by atoms with Crippen molar-refractivity contribution >= 4 is 12.1 Å². The van der Waals surface area contributed by atoms with Gasteiger partial charge in [-0.15, -0.1) is 0 Å². The fourth-order valence-electron chi connectivity index (χ4n) is 0.779. The summed E-state index contributed by atoms with van der Waals surface area (Å²) in [6, 6.07) is -0.0912. The highest BCUT2D eigenvalue weighted by molar-refractivity contribution is 5.78. The van der Waals surface area contributed by atoms with Crippen LogP contribution in [-0.2, 0) is 14.3 Å². The van der Waals surface area contributed by atoms with Crippen LogP contribution in [0.15, 0.2) is 0 Å². The topological polar surface area (TPSA) is 55.8 Å². The monoisotopic (exact) mass is 189 g/mol. The molecule has 5 heteroatoms. The normalized spacial score (nSPS) is 9.62. The van der Waals surface area contributed by atoms with Gasteiger partial charge in [0.05, 0.1) is 14.2 Å². The molecule has 0 fully saturated rings. The summed E-state index contributed by atoms with van der Waals surface area (Å²) in [7, 11) is 2.55. The molecule has 76 valence electrons. The quantitative estimate of drug-likeness (QED) is 0.611. The number of nitrogens with zero attached hydrogens (tertiary/aromatic N) is 1. The van der Waals surface area contributed by atoms with Gasteiger partial charge in [-0.3, -0.25) is 9.69 Å². The van der Waals surface area contributed by atoms with Crippen molar-refractivity contribution in [3.05, 3.63) is 0 Å². The molecule has 0 rings (SSSR count). The molecule has 0 spiro atoms. The van der Waals surface area contributed by atoms with Gasteiger partial charge < -0.3 is 9.47 Å². The van der Waals surface area contributed by atoms with Crippen LogP contribution < -0.4 is 0 Å². The maximum absolute atomic E-state index is 11.1. The zero-order valence-electron chi connectivity index (χ0n) is 8.36. The third kappa shape index (κ3) is 3.78. The van der Waals surface area contributed by atoms with E-state index < -0.39 is 12.1 Å². The van der Waals surface area contributed by atoms with Gasteiger partial charge in [-0.1, -0.05) is 0 Å². The van der Waals surface area contributed by atoms with Crippen molar-refractivity contribution in [2.24, 2.45) is 0 Å². The Morgan fingerprint density at radius 1 is 1.23 bits per heavy atom. The molecule has 0 heterocycles. The van der Waals surface area contributed by atoms with E-state index in [1.165, 1.54) is 19.1 Å². The van der Waals surface area contributed by atoms with E-state index in [0.717, 1.165) is 0 Å². The van der Waals surface area contributed by atoms with Crippen LogP contribution in [0, 0.1) is 0 Å². The van der Waals surface area contributed by atoms with Crippen molar-refractivity contribution in [1.29, 1.82) is 0 Å². The number of carbonyl (C=O) groups excluding carboxylic acids is 2. The number of rotatable bonds is 3. The average Bonchev–Trinajstić information content (AvgIpc) is 2.11. The molecule has 0 N–H and O–H groups in total. The third-order valence-corrected chi connectivity index (χ3v) is 1.56. The summed E-state index contributed by atoms with van der Waals surface area (Å²) < 4.78 is 8.94. The summed E-state index contributed by atoms with van der Waals surface area (Å²) >= 11 is 0. The molecule has 0 aromatic rings. The SMILES string of the molecule is COC(=O)CN(C(=O)OC)C(C)C. The minimum Gasteiger partial charge on any atom is -0.468 e. The predicted octanol–water partition coefficient (Wildman–Crippen LogP) is 0.636. The molecule has 0 atom stereocenters. The van der Waals surface area contributed by atoms with Crippen LogP contribution in [0.25, 0.3) is 0 Å². The van der Waals surface area contributed by atoms with Gasteiger partial charge in [-0.2, -0.15) is 0 Å². The molecule has 0 aliphatic carbocycles. The Balaban J connectivity index is 4.26. The zero-order chi connectivity index (χ0) is 10.4. The number of hydrogen-bond acceptors (Lipinski definition) is 4. The molecule has 0 saturated carbocycles. The van der Waals surface area contributed by atoms with Crippen LogP contribution in [0.4, 0.5) is 4.79 Å². The number of ether oxygens (including phenoxy) is 2. The fourth-order valence-corrected chi connectivity index (χ4v) is 0.779. The highest BCUT2D eigenvalue weighted by Gasteiger charge is 2.20. The Labute approximate surface area is 77.6 Å². The molecule has 13 heavy (non-hydrogen) atoms. The second kappa shape index (κ2) is 5.40. The van der Waals surface area contributed by atoms with Gasteiger partial charge in [0.2, 0.25) is 0 Å². The van der Waals surface area contributed by atoms with Gasteiger partial charge in [-0.25, -0.2) is 4.79 Å². The molecule has 0 bridgehead atoms. The van der Waals surface area contributed by atoms with Crippen LogP contribution in [0.5, 0.6) is 0 Å². The standard InChI is InChI=1S/C8H15NO4/c1-6(2)9(8(11)13-4)5-7(10)12-3/h6H,5H2,1-4H3. The maximum atomic E-state index is 11.1. The highest BCUT2D eigenvalue weighted by atomic mass is 16.5. The minimum atomic E-state index is -0.527. The van der Waals surface area contributed by atoms with Gasteiger partial charge in [0.15, 0.2) is 0 Å². The van der Waals surface area contributed by atoms with E-state index in [9.17, 15) is 9.59 Å². The Hall–Kier alpha value is -1.26.